The maximum atomic E-state index is 11.9. The molecule has 0 aliphatic carbocycles. The molecule has 0 aliphatic heterocycles. The van der Waals surface area contributed by atoms with E-state index in [-0.39, 0.29) is 11.7 Å². The fourth-order valence-electron chi connectivity index (χ4n) is 1.79. The quantitative estimate of drug-likeness (QED) is 0.579. The van der Waals surface area contributed by atoms with E-state index in [2.05, 4.69) is 5.32 Å². The van der Waals surface area contributed by atoms with Crippen molar-refractivity contribution in [3.05, 3.63) is 35.9 Å². The number of esters is 1. The molecule has 0 aromatic heterocycles. The Bertz CT molecular complexity index is 513. The van der Waals surface area contributed by atoms with E-state index in [0.29, 0.717) is 19.6 Å². The van der Waals surface area contributed by atoms with Crippen molar-refractivity contribution in [3.63, 3.8) is 0 Å². The number of sulfone groups is 1. The summed E-state index contributed by atoms with van der Waals surface area (Å²) in [7, 11) is -2.97. The van der Waals surface area contributed by atoms with Crippen LogP contribution in [-0.2, 0) is 19.4 Å². The Morgan fingerprint density at radius 3 is 2.50 bits per heavy atom. The zero-order chi connectivity index (χ0) is 15.0. The lowest BCUT2D eigenvalue weighted by Gasteiger charge is -2.17. The second kappa shape index (κ2) is 8.01. The molecule has 1 unspecified atom stereocenters. The van der Waals surface area contributed by atoms with Gasteiger partial charge < -0.3 is 10.1 Å². The van der Waals surface area contributed by atoms with Gasteiger partial charge in [0.1, 0.15) is 15.9 Å². The normalized spacial score (nSPS) is 12.9. The lowest BCUT2D eigenvalue weighted by molar-refractivity contribution is -0.145. The lowest BCUT2D eigenvalue weighted by atomic mass is 10.1. The number of rotatable bonds is 8. The second-order valence-electron chi connectivity index (χ2n) is 4.53. The van der Waals surface area contributed by atoms with Gasteiger partial charge in [0, 0.05) is 6.26 Å². The minimum absolute atomic E-state index is 0.102. The van der Waals surface area contributed by atoms with E-state index in [9.17, 15) is 13.2 Å². The zero-order valence-corrected chi connectivity index (χ0v) is 12.7. The highest BCUT2D eigenvalue weighted by Crippen LogP contribution is 2.14. The van der Waals surface area contributed by atoms with Crippen molar-refractivity contribution < 1.29 is 17.9 Å². The van der Waals surface area contributed by atoms with Gasteiger partial charge in [-0.3, -0.25) is 0 Å². The van der Waals surface area contributed by atoms with Crippen molar-refractivity contribution in [2.45, 2.75) is 19.4 Å². The van der Waals surface area contributed by atoms with Gasteiger partial charge in [0.25, 0.3) is 0 Å². The molecule has 0 aliphatic rings. The number of benzene rings is 1. The van der Waals surface area contributed by atoms with Gasteiger partial charge in [-0.15, -0.1) is 0 Å². The third-order valence-electron chi connectivity index (χ3n) is 2.70. The summed E-state index contributed by atoms with van der Waals surface area (Å²) in [4.78, 5) is 11.9. The van der Waals surface area contributed by atoms with E-state index < -0.39 is 15.9 Å². The minimum atomic E-state index is -2.97. The summed E-state index contributed by atoms with van der Waals surface area (Å²) >= 11 is 0. The molecule has 0 saturated carbocycles. The van der Waals surface area contributed by atoms with Crippen LogP contribution < -0.4 is 5.32 Å². The van der Waals surface area contributed by atoms with Crippen molar-refractivity contribution in [1.29, 1.82) is 0 Å². The number of carbonyl (C=O) groups is 1. The van der Waals surface area contributed by atoms with Crippen molar-refractivity contribution in [2.75, 3.05) is 25.2 Å². The molecular formula is C14H21NO4S. The monoisotopic (exact) mass is 299 g/mol. The summed E-state index contributed by atoms with van der Waals surface area (Å²) in [5.74, 6) is -0.247. The summed E-state index contributed by atoms with van der Waals surface area (Å²) in [5.41, 5.74) is 0.810. The van der Waals surface area contributed by atoms with Crippen LogP contribution in [0.1, 0.15) is 24.9 Å². The van der Waals surface area contributed by atoms with Gasteiger partial charge in [-0.05, 0) is 25.5 Å². The van der Waals surface area contributed by atoms with Crippen LogP contribution in [0.2, 0.25) is 0 Å². The number of carbonyl (C=O) groups excluding carboxylic acids is 1. The number of nitrogens with one attached hydrogen (secondary N) is 1. The fourth-order valence-corrected chi connectivity index (χ4v) is 2.46. The second-order valence-corrected chi connectivity index (χ2v) is 6.79. The van der Waals surface area contributed by atoms with Crippen LogP contribution in [0, 0.1) is 0 Å². The maximum Gasteiger partial charge on any atom is 0.327 e. The van der Waals surface area contributed by atoms with Crippen LogP contribution in [0.25, 0.3) is 0 Å². The first-order valence-electron chi connectivity index (χ1n) is 6.56. The minimum Gasteiger partial charge on any atom is -0.465 e. The highest BCUT2D eigenvalue weighted by molar-refractivity contribution is 7.90. The van der Waals surface area contributed by atoms with E-state index in [4.69, 9.17) is 4.74 Å². The summed E-state index contributed by atoms with van der Waals surface area (Å²) in [6.07, 6.45) is 1.66. The van der Waals surface area contributed by atoms with Crippen LogP contribution >= 0.6 is 0 Å². The van der Waals surface area contributed by atoms with Crippen LogP contribution in [0.5, 0.6) is 0 Å². The molecule has 1 aromatic carbocycles. The molecule has 0 heterocycles. The number of ether oxygens (including phenoxy) is 1. The first kappa shape index (κ1) is 16.7. The molecule has 5 nitrogen and oxygen atoms in total. The Kier molecular flexibility index (Phi) is 6.67. The molecule has 1 rings (SSSR count). The molecule has 0 saturated heterocycles. The van der Waals surface area contributed by atoms with Gasteiger partial charge in [-0.25, -0.2) is 13.2 Å². The smallest absolute Gasteiger partial charge is 0.327 e. The summed E-state index contributed by atoms with van der Waals surface area (Å²) in [6, 6.07) is 8.68. The number of hydrogen-bond donors (Lipinski definition) is 1. The third kappa shape index (κ3) is 6.16. The summed E-state index contributed by atoms with van der Waals surface area (Å²) < 4.78 is 27.2. The molecule has 0 amide bonds. The van der Waals surface area contributed by atoms with Gasteiger partial charge in [0.15, 0.2) is 0 Å². The molecule has 112 valence electrons. The maximum absolute atomic E-state index is 11.9. The van der Waals surface area contributed by atoms with Crippen LogP contribution in [0.3, 0.4) is 0 Å². The molecule has 0 radical (unpaired) electrons. The lowest BCUT2D eigenvalue weighted by Crippen LogP contribution is -2.31. The van der Waals surface area contributed by atoms with E-state index in [1.807, 2.05) is 30.3 Å². The van der Waals surface area contributed by atoms with E-state index in [0.717, 1.165) is 5.56 Å². The highest BCUT2D eigenvalue weighted by atomic mass is 32.2. The van der Waals surface area contributed by atoms with Crippen molar-refractivity contribution in [2.24, 2.45) is 0 Å². The first-order chi connectivity index (χ1) is 9.44. The van der Waals surface area contributed by atoms with E-state index in [1.54, 1.807) is 6.92 Å². The molecular weight excluding hydrogens is 278 g/mol. The Balaban J connectivity index is 2.62. The third-order valence-corrected chi connectivity index (χ3v) is 3.73. The van der Waals surface area contributed by atoms with Crippen molar-refractivity contribution >= 4 is 15.8 Å². The average molecular weight is 299 g/mol. The summed E-state index contributed by atoms with van der Waals surface area (Å²) in [5, 5.41) is 3.05. The van der Waals surface area contributed by atoms with Crippen molar-refractivity contribution in [3.8, 4) is 0 Å². The molecule has 6 heteroatoms. The first-order valence-corrected chi connectivity index (χ1v) is 8.63. The standard InChI is InChI=1S/C14H21NO4S/c1-3-19-14(16)13(12-8-5-4-6-9-12)15-10-7-11-20(2,17)18/h4-6,8-9,13,15H,3,7,10-11H2,1-2H3. The van der Waals surface area contributed by atoms with E-state index >= 15 is 0 Å². The highest BCUT2D eigenvalue weighted by Gasteiger charge is 2.20. The Morgan fingerprint density at radius 2 is 1.95 bits per heavy atom. The van der Waals surface area contributed by atoms with Gasteiger partial charge in [0.2, 0.25) is 0 Å². The largest absolute Gasteiger partial charge is 0.465 e. The van der Waals surface area contributed by atoms with Crippen molar-refractivity contribution in [1.82, 2.24) is 5.32 Å². The molecule has 20 heavy (non-hydrogen) atoms. The van der Waals surface area contributed by atoms with Gasteiger partial charge in [-0.2, -0.15) is 0 Å². The topological polar surface area (TPSA) is 72.5 Å². The van der Waals surface area contributed by atoms with Gasteiger partial charge in [0.05, 0.1) is 12.4 Å². The van der Waals surface area contributed by atoms with E-state index in [1.165, 1.54) is 6.26 Å². The number of hydrogen-bond acceptors (Lipinski definition) is 5. The average Bonchev–Trinajstić information content (AvgIpc) is 2.38. The summed E-state index contributed by atoms with van der Waals surface area (Å²) in [6.45, 7) is 2.50. The van der Waals surface area contributed by atoms with Crippen LogP contribution in [0.4, 0.5) is 0 Å². The zero-order valence-electron chi connectivity index (χ0n) is 11.8. The molecule has 0 spiro atoms. The van der Waals surface area contributed by atoms with Crippen LogP contribution in [-0.4, -0.2) is 39.5 Å². The molecule has 0 fully saturated rings. The Hall–Kier alpha value is -1.40. The van der Waals surface area contributed by atoms with Gasteiger partial charge in [-0.1, -0.05) is 30.3 Å². The predicted octanol–water partition coefficient (Wildman–Crippen LogP) is 1.32. The fraction of sp³-hybridized carbons (Fsp3) is 0.500. The molecule has 1 N–H and O–H groups in total. The van der Waals surface area contributed by atoms with Gasteiger partial charge >= 0.3 is 5.97 Å². The molecule has 0 bridgehead atoms. The van der Waals surface area contributed by atoms with Crippen LogP contribution in [0.15, 0.2) is 30.3 Å². The molecule has 1 aromatic rings. The Morgan fingerprint density at radius 1 is 1.30 bits per heavy atom. The molecule has 1 atom stereocenters. The predicted molar refractivity (Wildman–Crippen MR) is 78.1 cm³/mol. The Labute approximate surface area is 120 Å². The SMILES string of the molecule is CCOC(=O)C(NCCCS(C)(=O)=O)c1ccccc1.